The van der Waals surface area contributed by atoms with Crippen molar-refractivity contribution in [1.82, 2.24) is 5.32 Å². The van der Waals surface area contributed by atoms with Gasteiger partial charge in [-0.25, -0.2) is 0 Å². The van der Waals surface area contributed by atoms with Gasteiger partial charge in [-0.1, -0.05) is 31.4 Å². The van der Waals surface area contributed by atoms with Gasteiger partial charge in [0.2, 0.25) is 0 Å². The lowest BCUT2D eigenvalue weighted by Gasteiger charge is -2.27. The molecule has 1 aromatic rings. The van der Waals surface area contributed by atoms with E-state index in [1.807, 2.05) is 0 Å². The van der Waals surface area contributed by atoms with E-state index in [1.54, 1.807) is 0 Å². The number of halogens is 1. The van der Waals surface area contributed by atoms with E-state index in [4.69, 9.17) is 11.6 Å². The molecule has 0 heterocycles. The predicted octanol–water partition coefficient (Wildman–Crippen LogP) is 3.95. The fourth-order valence-electron chi connectivity index (χ4n) is 2.95. The van der Waals surface area contributed by atoms with Gasteiger partial charge in [-0.3, -0.25) is 14.9 Å². The van der Waals surface area contributed by atoms with Crippen molar-refractivity contribution in [2.24, 2.45) is 5.41 Å². The molecule has 1 aromatic carbocycles. The van der Waals surface area contributed by atoms with Crippen LogP contribution < -0.4 is 5.32 Å². The summed E-state index contributed by atoms with van der Waals surface area (Å²) in [6.45, 7) is 2.80. The summed E-state index contributed by atoms with van der Waals surface area (Å²) in [5.41, 5.74) is 0.379. The van der Waals surface area contributed by atoms with Crippen LogP contribution in [0.4, 0.5) is 5.69 Å². The van der Waals surface area contributed by atoms with Crippen molar-refractivity contribution in [3.8, 4) is 0 Å². The molecule has 0 unspecified atom stereocenters. The van der Waals surface area contributed by atoms with E-state index in [9.17, 15) is 14.9 Å². The van der Waals surface area contributed by atoms with E-state index in [2.05, 4.69) is 12.2 Å². The average Bonchev–Trinajstić information content (AvgIpc) is 2.93. The smallest absolute Gasteiger partial charge is 0.287 e. The Morgan fingerprint density at radius 1 is 1.43 bits per heavy atom. The number of carbonyl (C=O) groups is 1. The quantitative estimate of drug-likeness (QED) is 0.661. The van der Waals surface area contributed by atoms with Crippen LogP contribution in [0.3, 0.4) is 0 Å². The first-order valence-corrected chi connectivity index (χ1v) is 7.57. The summed E-state index contributed by atoms with van der Waals surface area (Å²) in [6.07, 6.45) is 5.77. The number of hydrogen-bond donors (Lipinski definition) is 1. The lowest BCUT2D eigenvalue weighted by atomic mass is 9.83. The highest BCUT2D eigenvalue weighted by Crippen LogP contribution is 2.40. The first-order chi connectivity index (χ1) is 9.97. The van der Waals surface area contributed by atoms with E-state index in [1.165, 1.54) is 31.0 Å². The molecular formula is C15H19ClN2O3. The molecule has 114 valence electrons. The Morgan fingerprint density at radius 2 is 2.10 bits per heavy atom. The molecule has 0 aromatic heterocycles. The second-order valence-electron chi connectivity index (χ2n) is 5.67. The number of nitro groups is 1. The maximum absolute atomic E-state index is 12.2. The van der Waals surface area contributed by atoms with Crippen molar-refractivity contribution >= 4 is 23.2 Å². The molecule has 1 saturated carbocycles. The van der Waals surface area contributed by atoms with E-state index in [0.29, 0.717) is 12.1 Å². The van der Waals surface area contributed by atoms with Gasteiger partial charge < -0.3 is 5.32 Å². The van der Waals surface area contributed by atoms with Crippen LogP contribution in [0, 0.1) is 15.5 Å². The van der Waals surface area contributed by atoms with Crippen molar-refractivity contribution in [2.75, 3.05) is 6.54 Å². The standard InChI is InChI=1S/C15H19ClN2O3/c1-2-15(7-3-4-8-15)10-17-14(19)11-5-6-13(18(20)21)12(16)9-11/h5-6,9H,2-4,7-8,10H2,1H3,(H,17,19). The highest BCUT2D eigenvalue weighted by Gasteiger charge is 2.32. The summed E-state index contributed by atoms with van der Waals surface area (Å²) < 4.78 is 0. The van der Waals surface area contributed by atoms with Gasteiger partial charge in [0.25, 0.3) is 11.6 Å². The molecule has 1 fully saturated rings. The fourth-order valence-corrected chi connectivity index (χ4v) is 3.20. The van der Waals surface area contributed by atoms with E-state index in [0.717, 1.165) is 19.3 Å². The van der Waals surface area contributed by atoms with Crippen LogP contribution in [0.1, 0.15) is 49.4 Å². The third-order valence-corrected chi connectivity index (χ3v) is 4.75. The predicted molar refractivity (Wildman–Crippen MR) is 81.6 cm³/mol. The minimum absolute atomic E-state index is 0.0151. The average molecular weight is 311 g/mol. The molecule has 0 spiro atoms. The Balaban J connectivity index is 2.03. The van der Waals surface area contributed by atoms with Crippen molar-refractivity contribution in [2.45, 2.75) is 39.0 Å². The minimum Gasteiger partial charge on any atom is -0.351 e. The monoisotopic (exact) mass is 310 g/mol. The van der Waals surface area contributed by atoms with E-state index < -0.39 is 4.92 Å². The molecule has 0 radical (unpaired) electrons. The second kappa shape index (κ2) is 6.43. The third-order valence-electron chi connectivity index (χ3n) is 4.44. The maximum Gasteiger partial charge on any atom is 0.287 e. The number of hydrogen-bond acceptors (Lipinski definition) is 3. The molecule has 0 aliphatic heterocycles. The minimum atomic E-state index is -0.561. The summed E-state index contributed by atoms with van der Waals surface area (Å²) >= 11 is 5.83. The van der Waals surface area contributed by atoms with Gasteiger partial charge in [0.05, 0.1) is 4.92 Å². The normalized spacial score (nSPS) is 16.7. The molecule has 21 heavy (non-hydrogen) atoms. The zero-order valence-corrected chi connectivity index (χ0v) is 12.8. The zero-order valence-electron chi connectivity index (χ0n) is 12.0. The van der Waals surface area contributed by atoms with Gasteiger partial charge in [0.1, 0.15) is 5.02 Å². The molecule has 2 rings (SSSR count). The topological polar surface area (TPSA) is 72.2 Å². The van der Waals surface area contributed by atoms with Crippen LogP contribution in [-0.4, -0.2) is 17.4 Å². The largest absolute Gasteiger partial charge is 0.351 e. The first-order valence-electron chi connectivity index (χ1n) is 7.19. The molecule has 1 N–H and O–H groups in total. The Kier molecular flexibility index (Phi) is 4.83. The number of nitrogens with one attached hydrogen (secondary N) is 1. The Morgan fingerprint density at radius 3 is 2.62 bits per heavy atom. The number of amides is 1. The van der Waals surface area contributed by atoms with Crippen LogP contribution in [0.15, 0.2) is 18.2 Å². The molecule has 0 saturated heterocycles. The second-order valence-corrected chi connectivity index (χ2v) is 6.07. The van der Waals surface area contributed by atoms with E-state index in [-0.39, 0.29) is 22.0 Å². The van der Waals surface area contributed by atoms with Crippen molar-refractivity contribution in [1.29, 1.82) is 0 Å². The zero-order chi connectivity index (χ0) is 15.5. The van der Waals surface area contributed by atoms with Gasteiger partial charge in [0, 0.05) is 18.2 Å². The van der Waals surface area contributed by atoms with Gasteiger partial charge in [-0.15, -0.1) is 0 Å². The molecule has 5 nitrogen and oxygen atoms in total. The molecule has 0 atom stereocenters. The molecule has 1 amide bonds. The van der Waals surface area contributed by atoms with Crippen LogP contribution >= 0.6 is 11.6 Å². The highest BCUT2D eigenvalue weighted by molar-refractivity contribution is 6.33. The molecular weight excluding hydrogens is 292 g/mol. The lowest BCUT2D eigenvalue weighted by Crippen LogP contribution is -2.35. The number of carbonyl (C=O) groups excluding carboxylic acids is 1. The molecule has 1 aliphatic rings. The van der Waals surface area contributed by atoms with Crippen LogP contribution in [0.25, 0.3) is 0 Å². The summed E-state index contributed by atoms with van der Waals surface area (Å²) in [5, 5.41) is 13.6. The van der Waals surface area contributed by atoms with Crippen molar-refractivity contribution < 1.29 is 9.72 Å². The number of rotatable bonds is 5. The van der Waals surface area contributed by atoms with Crippen LogP contribution in [0.5, 0.6) is 0 Å². The maximum atomic E-state index is 12.2. The van der Waals surface area contributed by atoms with Crippen molar-refractivity contribution in [3.63, 3.8) is 0 Å². The van der Waals surface area contributed by atoms with E-state index >= 15 is 0 Å². The van der Waals surface area contributed by atoms with Crippen molar-refractivity contribution in [3.05, 3.63) is 38.9 Å². The molecule has 0 bridgehead atoms. The Hall–Kier alpha value is -1.62. The first kappa shape index (κ1) is 15.8. The summed E-state index contributed by atoms with van der Waals surface area (Å²) in [7, 11) is 0. The van der Waals surface area contributed by atoms with Crippen LogP contribution in [-0.2, 0) is 0 Å². The van der Waals surface area contributed by atoms with Gasteiger partial charge >= 0.3 is 0 Å². The summed E-state index contributed by atoms with van der Waals surface area (Å²) in [5.74, 6) is -0.230. The fraction of sp³-hybridized carbons (Fsp3) is 0.533. The summed E-state index contributed by atoms with van der Waals surface area (Å²) in [4.78, 5) is 22.3. The molecule has 6 heteroatoms. The van der Waals surface area contributed by atoms with Gasteiger partial charge in [0.15, 0.2) is 0 Å². The third kappa shape index (κ3) is 3.53. The van der Waals surface area contributed by atoms with Gasteiger partial charge in [-0.2, -0.15) is 0 Å². The van der Waals surface area contributed by atoms with Crippen LogP contribution in [0.2, 0.25) is 5.02 Å². The number of nitrogens with zero attached hydrogens (tertiary/aromatic N) is 1. The Labute approximate surface area is 128 Å². The number of benzene rings is 1. The Bertz CT molecular complexity index is 554. The lowest BCUT2D eigenvalue weighted by molar-refractivity contribution is -0.384. The highest BCUT2D eigenvalue weighted by atomic mass is 35.5. The SMILES string of the molecule is CCC1(CNC(=O)c2ccc([N+](=O)[O-])c(Cl)c2)CCCC1. The number of nitro benzene ring substituents is 1. The van der Waals surface area contributed by atoms with Gasteiger partial charge in [-0.05, 0) is 36.8 Å². The summed E-state index contributed by atoms with van der Waals surface area (Å²) in [6, 6.07) is 4.05. The molecule has 1 aliphatic carbocycles.